The Morgan fingerprint density at radius 1 is 1.12 bits per heavy atom. The van der Waals surface area contributed by atoms with Crippen LogP contribution in [0.5, 0.6) is 11.5 Å². The van der Waals surface area contributed by atoms with Gasteiger partial charge in [0.15, 0.2) is 6.61 Å². The Morgan fingerprint density at radius 3 is 2.25 bits per heavy atom. The Bertz CT molecular complexity index is 968. The zero-order chi connectivity index (χ0) is 23.7. The SMILES string of the molecule is Cc1cc(OCC(=O)OC2(C(F)(F)F)CCC2)cc(C)c1Cc1ccc(O)c(C(C)C)c1. The molecular formula is C25H29F3O4. The van der Waals surface area contributed by atoms with E-state index < -0.39 is 24.4 Å². The number of alkyl halides is 3. The summed E-state index contributed by atoms with van der Waals surface area (Å²) >= 11 is 0. The fourth-order valence-corrected chi connectivity index (χ4v) is 4.03. The summed E-state index contributed by atoms with van der Waals surface area (Å²) in [5.74, 6) is -0.137. The quantitative estimate of drug-likeness (QED) is 0.516. The van der Waals surface area contributed by atoms with Crippen molar-refractivity contribution in [1.29, 1.82) is 0 Å². The zero-order valence-electron chi connectivity index (χ0n) is 18.8. The first-order valence-electron chi connectivity index (χ1n) is 10.7. The first-order chi connectivity index (χ1) is 14.9. The molecule has 0 aliphatic heterocycles. The van der Waals surface area contributed by atoms with Crippen molar-refractivity contribution in [2.45, 2.75) is 71.1 Å². The number of hydrogen-bond donors (Lipinski definition) is 1. The van der Waals surface area contributed by atoms with Gasteiger partial charge >= 0.3 is 12.1 Å². The number of carbonyl (C=O) groups is 1. The summed E-state index contributed by atoms with van der Waals surface area (Å²) in [6.45, 7) is 7.31. The lowest BCUT2D eigenvalue weighted by Crippen LogP contribution is -2.54. The molecule has 174 valence electrons. The third-order valence-corrected chi connectivity index (χ3v) is 6.11. The fourth-order valence-electron chi connectivity index (χ4n) is 4.03. The normalized spacial score (nSPS) is 15.4. The smallest absolute Gasteiger partial charge is 0.428 e. The third-order valence-electron chi connectivity index (χ3n) is 6.11. The second-order valence-corrected chi connectivity index (χ2v) is 8.87. The van der Waals surface area contributed by atoms with Crippen LogP contribution in [0.2, 0.25) is 0 Å². The van der Waals surface area contributed by atoms with Crippen molar-refractivity contribution in [2.75, 3.05) is 6.61 Å². The standard InChI is InChI=1S/C25H29F3O4/c1-15(2)20-12-18(6-7-22(20)29)13-21-16(3)10-19(11-17(21)4)31-14-23(30)32-24(8-5-9-24)25(26,27)28/h6-7,10-12,15,29H,5,8-9,13-14H2,1-4H3. The van der Waals surface area contributed by atoms with Gasteiger partial charge in [0.2, 0.25) is 5.60 Å². The van der Waals surface area contributed by atoms with Crippen molar-refractivity contribution in [3.63, 3.8) is 0 Å². The minimum absolute atomic E-state index is 0.198. The summed E-state index contributed by atoms with van der Waals surface area (Å²) in [5, 5.41) is 10.0. The molecule has 0 amide bonds. The van der Waals surface area contributed by atoms with E-state index in [1.807, 2.05) is 39.8 Å². The number of hydrogen-bond acceptors (Lipinski definition) is 4. The molecule has 2 aromatic carbocycles. The number of phenols is 1. The van der Waals surface area contributed by atoms with Crippen LogP contribution in [0.1, 0.15) is 66.8 Å². The number of ether oxygens (including phenoxy) is 2. The van der Waals surface area contributed by atoms with Crippen LogP contribution < -0.4 is 4.74 Å². The maximum atomic E-state index is 13.2. The van der Waals surface area contributed by atoms with Gasteiger partial charge in [0.1, 0.15) is 11.5 Å². The number of aromatic hydroxyl groups is 1. The highest BCUT2D eigenvalue weighted by atomic mass is 19.4. The summed E-state index contributed by atoms with van der Waals surface area (Å²) in [4.78, 5) is 12.0. The van der Waals surface area contributed by atoms with Gasteiger partial charge < -0.3 is 14.6 Å². The molecule has 0 radical (unpaired) electrons. The molecule has 1 aliphatic carbocycles. The molecular weight excluding hydrogens is 421 g/mol. The topological polar surface area (TPSA) is 55.8 Å². The third kappa shape index (κ3) is 5.03. The highest BCUT2D eigenvalue weighted by Crippen LogP contribution is 2.48. The number of aryl methyl sites for hydroxylation is 2. The van der Waals surface area contributed by atoms with Gasteiger partial charge in [-0.1, -0.05) is 26.0 Å². The first-order valence-corrected chi connectivity index (χ1v) is 10.7. The molecule has 1 aliphatic rings. The predicted molar refractivity (Wildman–Crippen MR) is 115 cm³/mol. The fraction of sp³-hybridized carbons (Fsp3) is 0.480. The average Bonchev–Trinajstić information content (AvgIpc) is 2.66. The van der Waals surface area contributed by atoms with Crippen LogP contribution in [0.25, 0.3) is 0 Å². The molecule has 7 heteroatoms. The summed E-state index contributed by atoms with van der Waals surface area (Å²) in [5.41, 5.74) is 2.57. The Balaban J connectivity index is 1.67. The molecule has 0 unspecified atom stereocenters. The Kier molecular flexibility index (Phi) is 6.77. The van der Waals surface area contributed by atoms with Crippen molar-refractivity contribution in [3.05, 3.63) is 58.1 Å². The number of halogens is 3. The molecule has 3 rings (SSSR count). The molecule has 0 aromatic heterocycles. The minimum atomic E-state index is -4.57. The second-order valence-electron chi connectivity index (χ2n) is 8.87. The van der Waals surface area contributed by atoms with E-state index in [9.17, 15) is 23.1 Å². The van der Waals surface area contributed by atoms with Crippen LogP contribution in [0.3, 0.4) is 0 Å². The van der Waals surface area contributed by atoms with Gasteiger partial charge in [-0.25, -0.2) is 4.79 Å². The van der Waals surface area contributed by atoms with Crippen LogP contribution in [-0.2, 0) is 16.0 Å². The molecule has 4 nitrogen and oxygen atoms in total. The number of esters is 1. The molecule has 32 heavy (non-hydrogen) atoms. The van der Waals surface area contributed by atoms with Crippen LogP contribution >= 0.6 is 0 Å². The zero-order valence-corrected chi connectivity index (χ0v) is 18.8. The van der Waals surface area contributed by atoms with E-state index in [1.54, 1.807) is 18.2 Å². The average molecular weight is 450 g/mol. The Labute approximate surface area is 186 Å². The highest BCUT2D eigenvalue weighted by Gasteiger charge is 2.61. The molecule has 1 N–H and O–H groups in total. The molecule has 0 spiro atoms. The lowest BCUT2D eigenvalue weighted by atomic mass is 9.79. The van der Waals surface area contributed by atoms with Crippen molar-refractivity contribution in [3.8, 4) is 11.5 Å². The molecule has 0 saturated heterocycles. The predicted octanol–water partition coefficient (Wildman–Crippen LogP) is 6.13. The molecule has 0 atom stereocenters. The largest absolute Gasteiger partial charge is 0.508 e. The van der Waals surface area contributed by atoms with Crippen LogP contribution in [-0.4, -0.2) is 29.5 Å². The van der Waals surface area contributed by atoms with Gasteiger partial charge in [-0.05, 0) is 91.5 Å². The first kappa shape index (κ1) is 24.0. The summed E-state index contributed by atoms with van der Waals surface area (Å²) in [7, 11) is 0. The summed E-state index contributed by atoms with van der Waals surface area (Å²) < 4.78 is 49.7. The van der Waals surface area contributed by atoms with Crippen LogP contribution in [0.15, 0.2) is 30.3 Å². The molecule has 2 aromatic rings. The summed E-state index contributed by atoms with van der Waals surface area (Å²) in [6, 6.07) is 9.12. The van der Waals surface area contributed by atoms with E-state index in [0.717, 1.165) is 27.8 Å². The van der Waals surface area contributed by atoms with Gasteiger partial charge in [-0.3, -0.25) is 0 Å². The van der Waals surface area contributed by atoms with Crippen LogP contribution in [0.4, 0.5) is 13.2 Å². The lowest BCUT2D eigenvalue weighted by molar-refractivity contribution is -0.294. The van der Waals surface area contributed by atoms with Crippen molar-refractivity contribution < 1.29 is 32.5 Å². The van der Waals surface area contributed by atoms with Gasteiger partial charge in [0.25, 0.3) is 0 Å². The van der Waals surface area contributed by atoms with E-state index in [-0.39, 0.29) is 24.5 Å². The Morgan fingerprint density at radius 2 is 1.75 bits per heavy atom. The highest BCUT2D eigenvalue weighted by molar-refractivity contribution is 5.72. The van der Waals surface area contributed by atoms with Gasteiger partial charge in [0, 0.05) is 0 Å². The van der Waals surface area contributed by atoms with Crippen molar-refractivity contribution in [2.24, 2.45) is 0 Å². The molecule has 0 heterocycles. The maximum absolute atomic E-state index is 13.2. The van der Waals surface area contributed by atoms with E-state index in [4.69, 9.17) is 9.47 Å². The second kappa shape index (κ2) is 9.04. The van der Waals surface area contributed by atoms with E-state index in [2.05, 4.69) is 0 Å². The van der Waals surface area contributed by atoms with Crippen LogP contribution in [0, 0.1) is 13.8 Å². The molecule has 1 saturated carbocycles. The lowest BCUT2D eigenvalue weighted by Gasteiger charge is -2.41. The van der Waals surface area contributed by atoms with E-state index >= 15 is 0 Å². The summed E-state index contributed by atoms with van der Waals surface area (Å²) in [6.07, 6.45) is -3.93. The molecule has 0 bridgehead atoms. The number of carbonyl (C=O) groups excluding carboxylic acids is 1. The van der Waals surface area contributed by atoms with Gasteiger partial charge in [-0.2, -0.15) is 13.2 Å². The van der Waals surface area contributed by atoms with E-state index in [1.165, 1.54) is 0 Å². The van der Waals surface area contributed by atoms with Gasteiger partial charge in [-0.15, -0.1) is 0 Å². The Hall–Kier alpha value is -2.70. The van der Waals surface area contributed by atoms with E-state index in [0.29, 0.717) is 18.6 Å². The number of rotatable bonds is 7. The monoisotopic (exact) mass is 450 g/mol. The number of benzene rings is 2. The minimum Gasteiger partial charge on any atom is -0.508 e. The van der Waals surface area contributed by atoms with Crippen molar-refractivity contribution in [1.82, 2.24) is 0 Å². The van der Waals surface area contributed by atoms with Crippen molar-refractivity contribution >= 4 is 5.97 Å². The number of phenolic OH excluding ortho intramolecular Hbond substituents is 1. The van der Waals surface area contributed by atoms with Gasteiger partial charge in [0.05, 0.1) is 0 Å². The maximum Gasteiger partial charge on any atom is 0.428 e. The molecule has 1 fully saturated rings.